The summed E-state index contributed by atoms with van der Waals surface area (Å²) in [4.78, 5) is 23.2. The fourth-order valence-corrected chi connectivity index (χ4v) is 2.88. The number of hydrogen-bond donors (Lipinski definition) is 3. The van der Waals surface area contributed by atoms with Crippen molar-refractivity contribution in [1.82, 2.24) is 10.6 Å². The Morgan fingerprint density at radius 2 is 1.80 bits per heavy atom. The van der Waals surface area contributed by atoms with Gasteiger partial charge in [-0.2, -0.15) is 0 Å². The Morgan fingerprint density at radius 3 is 2.20 bits per heavy atom. The van der Waals surface area contributed by atoms with Crippen molar-refractivity contribution >= 4 is 12.0 Å². The van der Waals surface area contributed by atoms with Gasteiger partial charge in [-0.05, 0) is 30.1 Å². The molecule has 116 valence electrons. The molecule has 0 aromatic rings. The van der Waals surface area contributed by atoms with Crippen molar-refractivity contribution < 1.29 is 14.7 Å². The van der Waals surface area contributed by atoms with E-state index < -0.39 is 17.4 Å². The summed E-state index contributed by atoms with van der Waals surface area (Å²) in [5, 5.41) is 14.6. The molecule has 0 heterocycles. The Kier molecular flexibility index (Phi) is 5.42. The molecule has 0 unspecified atom stereocenters. The molecule has 0 radical (unpaired) electrons. The van der Waals surface area contributed by atoms with Crippen LogP contribution in [0.1, 0.15) is 59.8 Å². The molecule has 1 atom stereocenters. The molecule has 0 aliphatic heterocycles. The van der Waals surface area contributed by atoms with Gasteiger partial charge in [0.05, 0.1) is 0 Å². The van der Waals surface area contributed by atoms with E-state index in [2.05, 4.69) is 17.6 Å². The van der Waals surface area contributed by atoms with E-state index in [1.807, 2.05) is 0 Å². The van der Waals surface area contributed by atoms with E-state index in [4.69, 9.17) is 0 Å². The minimum atomic E-state index is -1.00. The van der Waals surface area contributed by atoms with E-state index in [-0.39, 0.29) is 11.4 Å². The maximum absolute atomic E-state index is 11.9. The summed E-state index contributed by atoms with van der Waals surface area (Å²) >= 11 is 0. The quantitative estimate of drug-likeness (QED) is 0.726. The Hall–Kier alpha value is -1.26. The zero-order chi connectivity index (χ0) is 15.4. The first-order chi connectivity index (χ1) is 9.20. The third-order valence-electron chi connectivity index (χ3n) is 4.43. The van der Waals surface area contributed by atoms with Crippen LogP contribution < -0.4 is 10.6 Å². The molecule has 2 amide bonds. The molecule has 1 saturated carbocycles. The highest BCUT2D eigenvalue weighted by Gasteiger charge is 2.35. The first-order valence-electron chi connectivity index (χ1n) is 7.47. The fraction of sp³-hybridized carbons (Fsp3) is 0.867. The van der Waals surface area contributed by atoms with Gasteiger partial charge >= 0.3 is 12.0 Å². The second-order valence-corrected chi connectivity index (χ2v) is 7.02. The van der Waals surface area contributed by atoms with Crippen LogP contribution in [0.4, 0.5) is 4.79 Å². The molecule has 0 aromatic heterocycles. The van der Waals surface area contributed by atoms with E-state index in [0.29, 0.717) is 6.54 Å². The van der Waals surface area contributed by atoms with Crippen LogP contribution in [0, 0.1) is 10.8 Å². The number of carbonyl (C=O) groups excluding carboxylic acids is 1. The molecule has 1 fully saturated rings. The highest BCUT2D eigenvalue weighted by atomic mass is 16.4. The first-order valence-corrected chi connectivity index (χ1v) is 7.47. The fourth-order valence-electron chi connectivity index (χ4n) is 2.88. The van der Waals surface area contributed by atoms with E-state index in [0.717, 1.165) is 19.3 Å². The lowest BCUT2D eigenvalue weighted by atomic mass is 9.83. The van der Waals surface area contributed by atoms with Gasteiger partial charge in [0.1, 0.15) is 6.04 Å². The number of rotatable bonds is 5. The Labute approximate surface area is 121 Å². The predicted octanol–water partition coefficient (Wildman–Crippen LogP) is 2.76. The molecular weight excluding hydrogens is 256 g/mol. The van der Waals surface area contributed by atoms with Crippen LogP contribution in [0.3, 0.4) is 0 Å². The van der Waals surface area contributed by atoms with Gasteiger partial charge in [0.25, 0.3) is 0 Å². The molecule has 5 nitrogen and oxygen atoms in total. The number of nitrogens with one attached hydrogen (secondary N) is 2. The van der Waals surface area contributed by atoms with Crippen molar-refractivity contribution in [3.63, 3.8) is 0 Å². The van der Waals surface area contributed by atoms with Gasteiger partial charge in [-0.15, -0.1) is 0 Å². The van der Waals surface area contributed by atoms with Crippen molar-refractivity contribution in [1.29, 1.82) is 0 Å². The van der Waals surface area contributed by atoms with Crippen molar-refractivity contribution in [2.45, 2.75) is 65.8 Å². The zero-order valence-electron chi connectivity index (χ0n) is 13.1. The van der Waals surface area contributed by atoms with Crippen molar-refractivity contribution in [2.75, 3.05) is 6.54 Å². The molecule has 5 heteroatoms. The lowest BCUT2D eigenvalue weighted by molar-refractivity contribution is -0.141. The number of carbonyl (C=O) groups is 2. The number of hydrogen-bond acceptors (Lipinski definition) is 2. The number of aliphatic carboxylic acids is 1. The molecule has 0 aromatic carbocycles. The number of carboxylic acid groups (broad SMARTS) is 1. The SMILES string of the molecule is CCC1(CNC(=O)N[C@@H](C(=O)O)C(C)(C)C)CCCC1. The van der Waals surface area contributed by atoms with Crippen LogP contribution in [0.25, 0.3) is 0 Å². The molecule has 0 bridgehead atoms. The van der Waals surface area contributed by atoms with Crippen LogP contribution in [0.15, 0.2) is 0 Å². The van der Waals surface area contributed by atoms with Crippen LogP contribution in [-0.2, 0) is 4.79 Å². The van der Waals surface area contributed by atoms with Crippen LogP contribution in [-0.4, -0.2) is 29.7 Å². The third-order valence-corrected chi connectivity index (χ3v) is 4.43. The minimum absolute atomic E-state index is 0.206. The second kappa shape index (κ2) is 6.46. The normalized spacial score (nSPS) is 19.4. The molecular formula is C15H28N2O3. The van der Waals surface area contributed by atoms with Gasteiger partial charge in [0, 0.05) is 6.54 Å². The third kappa shape index (κ3) is 4.39. The summed E-state index contributed by atoms with van der Waals surface area (Å²) in [5.41, 5.74) is -0.309. The smallest absolute Gasteiger partial charge is 0.326 e. The van der Waals surface area contributed by atoms with E-state index in [1.54, 1.807) is 20.8 Å². The molecule has 0 saturated heterocycles. The van der Waals surface area contributed by atoms with E-state index >= 15 is 0 Å². The number of amides is 2. The maximum Gasteiger partial charge on any atom is 0.326 e. The van der Waals surface area contributed by atoms with E-state index in [1.165, 1.54) is 12.8 Å². The first kappa shape index (κ1) is 16.8. The van der Waals surface area contributed by atoms with Crippen LogP contribution in [0.2, 0.25) is 0 Å². The molecule has 1 rings (SSSR count). The monoisotopic (exact) mass is 284 g/mol. The number of carboxylic acids is 1. The topological polar surface area (TPSA) is 78.4 Å². The standard InChI is InChI=1S/C15H28N2O3/c1-5-15(8-6-7-9-15)10-16-13(20)17-11(12(18)19)14(2,3)4/h11H,5-10H2,1-4H3,(H,18,19)(H2,16,17,20)/t11-/m0/s1. The van der Waals surface area contributed by atoms with Crippen molar-refractivity contribution in [2.24, 2.45) is 10.8 Å². The van der Waals surface area contributed by atoms with Gasteiger partial charge in [-0.3, -0.25) is 0 Å². The summed E-state index contributed by atoms with van der Waals surface area (Å²) in [6.07, 6.45) is 5.78. The largest absolute Gasteiger partial charge is 0.480 e. The van der Waals surface area contributed by atoms with Gasteiger partial charge in [-0.1, -0.05) is 40.5 Å². The predicted molar refractivity (Wildman–Crippen MR) is 78.6 cm³/mol. The lowest BCUT2D eigenvalue weighted by Crippen LogP contribution is -2.53. The molecule has 1 aliphatic carbocycles. The maximum atomic E-state index is 11.9. The highest BCUT2D eigenvalue weighted by molar-refractivity contribution is 5.83. The van der Waals surface area contributed by atoms with Gasteiger partial charge in [0.2, 0.25) is 0 Å². The Bertz CT molecular complexity index is 355. The summed E-state index contributed by atoms with van der Waals surface area (Å²) in [6, 6.07) is -1.27. The van der Waals surface area contributed by atoms with Gasteiger partial charge in [-0.25, -0.2) is 9.59 Å². The lowest BCUT2D eigenvalue weighted by Gasteiger charge is -2.30. The summed E-state index contributed by atoms with van der Waals surface area (Å²) in [7, 11) is 0. The number of urea groups is 1. The van der Waals surface area contributed by atoms with Gasteiger partial charge in [0.15, 0.2) is 0 Å². The average Bonchev–Trinajstić information content (AvgIpc) is 2.81. The second-order valence-electron chi connectivity index (χ2n) is 7.02. The summed E-state index contributed by atoms with van der Waals surface area (Å²) in [6.45, 7) is 8.19. The zero-order valence-corrected chi connectivity index (χ0v) is 13.1. The minimum Gasteiger partial charge on any atom is -0.480 e. The van der Waals surface area contributed by atoms with Crippen LogP contribution >= 0.6 is 0 Å². The average molecular weight is 284 g/mol. The molecule has 1 aliphatic rings. The van der Waals surface area contributed by atoms with Gasteiger partial charge < -0.3 is 15.7 Å². The Morgan fingerprint density at radius 1 is 1.25 bits per heavy atom. The van der Waals surface area contributed by atoms with E-state index in [9.17, 15) is 14.7 Å². The molecule has 20 heavy (non-hydrogen) atoms. The molecule has 0 spiro atoms. The summed E-state index contributed by atoms with van der Waals surface area (Å²) in [5.74, 6) is -1.00. The van der Waals surface area contributed by atoms with Crippen molar-refractivity contribution in [3.05, 3.63) is 0 Å². The Balaban J connectivity index is 2.52. The summed E-state index contributed by atoms with van der Waals surface area (Å²) < 4.78 is 0. The van der Waals surface area contributed by atoms with Crippen molar-refractivity contribution in [3.8, 4) is 0 Å². The molecule has 3 N–H and O–H groups in total. The highest BCUT2D eigenvalue weighted by Crippen LogP contribution is 2.40. The van der Waals surface area contributed by atoms with Crippen LogP contribution in [0.5, 0.6) is 0 Å².